The summed E-state index contributed by atoms with van der Waals surface area (Å²) in [5.74, 6) is 0.136. The summed E-state index contributed by atoms with van der Waals surface area (Å²) in [6.45, 7) is 0.824. The number of hydrogen-bond acceptors (Lipinski definition) is 3. The Bertz CT molecular complexity index is 1120. The fraction of sp³-hybridized carbons (Fsp3) is 0.308. The number of carboxylic acid groups (broad SMARTS) is 1. The van der Waals surface area contributed by atoms with Crippen LogP contribution in [0, 0.1) is 5.92 Å². The number of alkyl halides is 3. The number of aromatic nitrogens is 1. The van der Waals surface area contributed by atoms with Gasteiger partial charge in [-0.25, -0.2) is 9.78 Å². The van der Waals surface area contributed by atoms with Crippen LogP contribution >= 0.6 is 0 Å². The van der Waals surface area contributed by atoms with Gasteiger partial charge in [-0.05, 0) is 65.8 Å². The van der Waals surface area contributed by atoms with Gasteiger partial charge in [0.05, 0.1) is 11.1 Å². The number of halogens is 3. The summed E-state index contributed by atoms with van der Waals surface area (Å²) < 4.78 is 41.7. The number of pyridine rings is 1. The molecule has 0 spiro atoms. The quantitative estimate of drug-likeness (QED) is 0.416. The summed E-state index contributed by atoms with van der Waals surface area (Å²) in [5, 5.41) is 12.5. The number of anilines is 1. The monoisotopic (exact) mass is 454 g/mol. The summed E-state index contributed by atoms with van der Waals surface area (Å²) >= 11 is 0. The highest BCUT2D eigenvalue weighted by Crippen LogP contribution is 2.39. The third-order valence-electron chi connectivity index (χ3n) is 6.14. The van der Waals surface area contributed by atoms with Gasteiger partial charge in [0, 0.05) is 18.3 Å². The highest BCUT2D eigenvalue weighted by molar-refractivity contribution is 5.89. The Labute approximate surface area is 190 Å². The summed E-state index contributed by atoms with van der Waals surface area (Å²) in [6.07, 6.45) is 3.05. The zero-order valence-electron chi connectivity index (χ0n) is 18.0. The minimum absolute atomic E-state index is 0.0191. The number of rotatable bonds is 6. The first kappa shape index (κ1) is 22.8. The normalized spacial score (nSPS) is 14.8. The van der Waals surface area contributed by atoms with Crippen molar-refractivity contribution in [3.8, 4) is 22.3 Å². The molecule has 0 radical (unpaired) electrons. The Morgan fingerprint density at radius 3 is 2.36 bits per heavy atom. The van der Waals surface area contributed by atoms with Gasteiger partial charge in [0.2, 0.25) is 0 Å². The molecule has 4 rings (SSSR count). The van der Waals surface area contributed by atoms with Gasteiger partial charge in [-0.15, -0.1) is 0 Å². The molecule has 0 amide bonds. The number of carbonyl (C=O) groups is 1. The van der Waals surface area contributed by atoms with E-state index in [0.29, 0.717) is 28.4 Å². The van der Waals surface area contributed by atoms with Crippen LogP contribution in [-0.2, 0) is 6.18 Å². The molecule has 7 heteroatoms. The second-order valence-corrected chi connectivity index (χ2v) is 8.46. The Hall–Kier alpha value is -3.35. The fourth-order valence-corrected chi connectivity index (χ4v) is 4.34. The van der Waals surface area contributed by atoms with Gasteiger partial charge in [0.1, 0.15) is 5.82 Å². The molecule has 1 heterocycles. The molecule has 0 bridgehead atoms. The van der Waals surface area contributed by atoms with E-state index < -0.39 is 17.7 Å². The van der Waals surface area contributed by atoms with Crippen LogP contribution in [0.25, 0.3) is 22.3 Å². The number of hydrogen-bond donors (Lipinski definition) is 2. The van der Waals surface area contributed by atoms with Crippen molar-refractivity contribution in [2.24, 2.45) is 5.92 Å². The van der Waals surface area contributed by atoms with Gasteiger partial charge in [0.25, 0.3) is 0 Å². The highest BCUT2D eigenvalue weighted by atomic mass is 19.4. The number of benzene rings is 2. The van der Waals surface area contributed by atoms with Crippen LogP contribution < -0.4 is 5.32 Å². The van der Waals surface area contributed by atoms with Crippen molar-refractivity contribution >= 4 is 11.8 Å². The molecule has 1 aliphatic rings. The predicted molar refractivity (Wildman–Crippen MR) is 122 cm³/mol. The van der Waals surface area contributed by atoms with Crippen LogP contribution in [0.5, 0.6) is 0 Å². The topological polar surface area (TPSA) is 62.2 Å². The lowest BCUT2D eigenvalue weighted by molar-refractivity contribution is -0.137. The van der Waals surface area contributed by atoms with Crippen molar-refractivity contribution < 1.29 is 23.1 Å². The average molecular weight is 454 g/mol. The standard InChI is InChI=1S/C26H25F3N2O2/c27-26(28,29)23-14-19(18-7-4-8-20(13-18)25(32)33)9-11-22(23)21-10-12-24(31-16-21)30-15-17-5-2-1-3-6-17/h4,7-14,16-17H,1-3,5-6,15H2,(H,30,31)(H,32,33). The third-order valence-corrected chi connectivity index (χ3v) is 6.14. The Morgan fingerprint density at radius 2 is 1.70 bits per heavy atom. The van der Waals surface area contributed by atoms with Gasteiger partial charge < -0.3 is 10.4 Å². The van der Waals surface area contributed by atoms with Crippen molar-refractivity contribution in [3.63, 3.8) is 0 Å². The van der Waals surface area contributed by atoms with E-state index in [-0.39, 0.29) is 11.1 Å². The molecule has 0 unspecified atom stereocenters. The van der Waals surface area contributed by atoms with E-state index in [1.807, 2.05) is 0 Å². The molecule has 0 atom stereocenters. The van der Waals surface area contributed by atoms with E-state index >= 15 is 0 Å². The first-order valence-electron chi connectivity index (χ1n) is 11.1. The number of nitrogens with one attached hydrogen (secondary N) is 1. The SMILES string of the molecule is O=C(O)c1cccc(-c2ccc(-c3ccc(NCC4CCCCC4)nc3)c(C(F)(F)F)c2)c1. The summed E-state index contributed by atoms with van der Waals surface area (Å²) in [4.78, 5) is 15.6. The molecule has 0 saturated heterocycles. The van der Waals surface area contributed by atoms with E-state index in [4.69, 9.17) is 0 Å². The zero-order valence-corrected chi connectivity index (χ0v) is 18.0. The van der Waals surface area contributed by atoms with Gasteiger partial charge in [-0.2, -0.15) is 13.2 Å². The lowest BCUT2D eigenvalue weighted by Crippen LogP contribution is -2.17. The molecule has 0 aliphatic heterocycles. The Kier molecular flexibility index (Phi) is 6.67. The van der Waals surface area contributed by atoms with Crippen molar-refractivity contribution in [1.29, 1.82) is 0 Å². The van der Waals surface area contributed by atoms with E-state index in [0.717, 1.165) is 12.6 Å². The molecule has 3 aromatic rings. The Balaban J connectivity index is 1.59. The smallest absolute Gasteiger partial charge is 0.417 e. The maximum atomic E-state index is 13.9. The Morgan fingerprint density at radius 1 is 0.970 bits per heavy atom. The van der Waals surface area contributed by atoms with E-state index in [2.05, 4.69) is 10.3 Å². The summed E-state index contributed by atoms with van der Waals surface area (Å²) in [5.41, 5.74) is 0.347. The van der Waals surface area contributed by atoms with Crippen LogP contribution in [-0.4, -0.2) is 22.6 Å². The minimum atomic E-state index is -4.58. The average Bonchev–Trinajstić information content (AvgIpc) is 2.83. The second kappa shape index (κ2) is 9.65. The predicted octanol–water partition coefficient (Wildman–Crippen LogP) is 7.12. The molecule has 4 nitrogen and oxygen atoms in total. The molecule has 1 saturated carbocycles. The second-order valence-electron chi connectivity index (χ2n) is 8.46. The molecule has 2 aromatic carbocycles. The third kappa shape index (κ3) is 5.53. The molecule has 1 fully saturated rings. The van der Waals surface area contributed by atoms with Crippen LogP contribution in [0.4, 0.5) is 19.0 Å². The summed E-state index contributed by atoms with van der Waals surface area (Å²) in [6, 6.07) is 13.3. The van der Waals surface area contributed by atoms with Crippen LogP contribution in [0.2, 0.25) is 0 Å². The number of carboxylic acids is 1. The molecule has 1 aliphatic carbocycles. The zero-order chi connectivity index (χ0) is 23.4. The van der Waals surface area contributed by atoms with Crippen molar-refractivity contribution in [2.45, 2.75) is 38.3 Å². The van der Waals surface area contributed by atoms with Crippen LogP contribution in [0.1, 0.15) is 48.0 Å². The van der Waals surface area contributed by atoms with Crippen LogP contribution in [0.3, 0.4) is 0 Å². The number of aromatic carboxylic acids is 1. The maximum Gasteiger partial charge on any atom is 0.417 e. The van der Waals surface area contributed by atoms with Gasteiger partial charge in [-0.1, -0.05) is 43.5 Å². The van der Waals surface area contributed by atoms with Gasteiger partial charge in [0.15, 0.2) is 0 Å². The van der Waals surface area contributed by atoms with Crippen molar-refractivity contribution in [2.75, 3.05) is 11.9 Å². The first-order valence-corrected chi connectivity index (χ1v) is 11.1. The van der Waals surface area contributed by atoms with Gasteiger partial charge in [-0.3, -0.25) is 0 Å². The molecule has 33 heavy (non-hydrogen) atoms. The minimum Gasteiger partial charge on any atom is -0.478 e. The lowest BCUT2D eigenvalue weighted by Gasteiger charge is -2.22. The molecular formula is C26H25F3N2O2. The molecule has 1 aromatic heterocycles. The molecule has 2 N–H and O–H groups in total. The van der Waals surface area contributed by atoms with E-state index in [1.54, 1.807) is 24.3 Å². The van der Waals surface area contributed by atoms with Gasteiger partial charge >= 0.3 is 12.1 Å². The lowest BCUT2D eigenvalue weighted by atomic mass is 9.89. The van der Waals surface area contributed by atoms with E-state index in [1.165, 1.54) is 62.6 Å². The maximum absolute atomic E-state index is 13.9. The highest BCUT2D eigenvalue weighted by Gasteiger charge is 2.34. The van der Waals surface area contributed by atoms with E-state index in [9.17, 15) is 23.1 Å². The summed E-state index contributed by atoms with van der Waals surface area (Å²) in [7, 11) is 0. The van der Waals surface area contributed by atoms with Crippen molar-refractivity contribution in [3.05, 3.63) is 71.9 Å². The molecule has 172 valence electrons. The van der Waals surface area contributed by atoms with Crippen LogP contribution in [0.15, 0.2) is 60.8 Å². The fourth-order valence-electron chi connectivity index (χ4n) is 4.34. The molecular weight excluding hydrogens is 429 g/mol. The van der Waals surface area contributed by atoms with Crippen molar-refractivity contribution in [1.82, 2.24) is 4.98 Å². The first-order chi connectivity index (χ1) is 15.8. The largest absolute Gasteiger partial charge is 0.478 e. The number of nitrogens with zero attached hydrogens (tertiary/aromatic N) is 1.